The molecule has 126 valence electrons. The van der Waals surface area contributed by atoms with Gasteiger partial charge in [-0.15, -0.1) is 12.4 Å². The van der Waals surface area contributed by atoms with Crippen molar-refractivity contribution < 1.29 is 13.2 Å². The lowest BCUT2D eigenvalue weighted by Gasteiger charge is -2.08. The van der Waals surface area contributed by atoms with Crippen LogP contribution in [0.4, 0.5) is 0 Å². The third-order valence-corrected chi connectivity index (χ3v) is 4.60. The van der Waals surface area contributed by atoms with E-state index >= 15 is 0 Å². The SMILES string of the molecule is Cl.NCCNC(=O)CCNS(=O)(=O)c1ccc2ccccc2c1. The maximum Gasteiger partial charge on any atom is 0.240 e. The summed E-state index contributed by atoms with van der Waals surface area (Å²) in [6.07, 6.45) is 0.0762. The second-order valence-electron chi connectivity index (χ2n) is 4.80. The lowest BCUT2D eigenvalue weighted by Crippen LogP contribution is -2.33. The lowest BCUT2D eigenvalue weighted by atomic mass is 10.1. The standard InChI is InChI=1S/C15H19N3O3S.ClH/c16-8-10-17-15(19)7-9-18-22(20,21)14-6-5-12-3-1-2-4-13(12)11-14;/h1-6,11,18H,7-10,16H2,(H,17,19);1H. The average Bonchev–Trinajstić information content (AvgIpc) is 2.52. The Morgan fingerprint density at radius 1 is 1.04 bits per heavy atom. The molecule has 0 radical (unpaired) electrons. The van der Waals surface area contributed by atoms with Gasteiger partial charge in [-0.2, -0.15) is 0 Å². The summed E-state index contributed by atoms with van der Waals surface area (Å²) in [4.78, 5) is 11.6. The molecule has 0 bridgehead atoms. The number of halogens is 1. The molecule has 0 saturated carbocycles. The molecule has 0 aliphatic carbocycles. The molecule has 0 unspecified atom stereocenters. The topological polar surface area (TPSA) is 101 Å². The second kappa shape index (κ2) is 8.83. The molecule has 0 saturated heterocycles. The van der Waals surface area contributed by atoms with Crippen LogP contribution >= 0.6 is 12.4 Å². The Morgan fingerprint density at radius 2 is 1.74 bits per heavy atom. The number of amides is 1. The highest BCUT2D eigenvalue weighted by molar-refractivity contribution is 7.89. The maximum absolute atomic E-state index is 12.2. The molecule has 6 nitrogen and oxygen atoms in total. The zero-order valence-corrected chi connectivity index (χ0v) is 14.1. The van der Waals surface area contributed by atoms with Gasteiger partial charge in [0.25, 0.3) is 0 Å². The van der Waals surface area contributed by atoms with E-state index in [1.807, 2.05) is 24.3 Å². The van der Waals surface area contributed by atoms with Crippen LogP contribution in [0.1, 0.15) is 6.42 Å². The van der Waals surface area contributed by atoms with Crippen molar-refractivity contribution in [2.24, 2.45) is 5.73 Å². The predicted octanol–water partition coefficient (Wildman–Crippen LogP) is 1.00. The second-order valence-corrected chi connectivity index (χ2v) is 6.56. The molecule has 0 fully saturated rings. The summed E-state index contributed by atoms with van der Waals surface area (Å²) in [7, 11) is -3.62. The van der Waals surface area contributed by atoms with Crippen LogP contribution in [0, 0.1) is 0 Å². The fraction of sp³-hybridized carbons (Fsp3) is 0.267. The van der Waals surface area contributed by atoms with E-state index in [1.54, 1.807) is 18.2 Å². The highest BCUT2D eigenvalue weighted by Crippen LogP contribution is 2.18. The van der Waals surface area contributed by atoms with Crippen LogP contribution in [0.2, 0.25) is 0 Å². The largest absolute Gasteiger partial charge is 0.355 e. The molecule has 0 atom stereocenters. The Balaban J connectivity index is 0.00000264. The van der Waals surface area contributed by atoms with E-state index in [0.29, 0.717) is 13.1 Å². The minimum absolute atomic E-state index is 0. The summed E-state index contributed by atoms with van der Waals surface area (Å²) in [5.74, 6) is -0.230. The first-order valence-electron chi connectivity index (χ1n) is 6.98. The highest BCUT2D eigenvalue weighted by atomic mass is 35.5. The summed E-state index contributed by atoms with van der Waals surface area (Å²) in [5.41, 5.74) is 5.27. The molecule has 0 aromatic heterocycles. The van der Waals surface area contributed by atoms with Gasteiger partial charge in [-0.25, -0.2) is 13.1 Å². The number of benzene rings is 2. The van der Waals surface area contributed by atoms with E-state index in [1.165, 1.54) is 0 Å². The van der Waals surface area contributed by atoms with Crippen LogP contribution < -0.4 is 15.8 Å². The van der Waals surface area contributed by atoms with Gasteiger partial charge in [0.1, 0.15) is 0 Å². The predicted molar refractivity (Wildman–Crippen MR) is 93.1 cm³/mol. The minimum atomic E-state index is -3.62. The molecule has 2 aromatic carbocycles. The zero-order chi connectivity index (χ0) is 16.0. The Labute approximate surface area is 141 Å². The van der Waals surface area contributed by atoms with Crippen LogP contribution in [-0.4, -0.2) is 34.0 Å². The molecule has 4 N–H and O–H groups in total. The molecule has 8 heteroatoms. The number of nitrogens with two attached hydrogens (primary N) is 1. The minimum Gasteiger partial charge on any atom is -0.355 e. The fourth-order valence-electron chi connectivity index (χ4n) is 2.02. The van der Waals surface area contributed by atoms with E-state index in [4.69, 9.17) is 5.73 Å². The number of carbonyl (C=O) groups excluding carboxylic acids is 1. The van der Waals surface area contributed by atoms with Crippen LogP contribution in [-0.2, 0) is 14.8 Å². The Bertz CT molecular complexity index is 765. The quantitative estimate of drug-likeness (QED) is 0.688. The average molecular weight is 358 g/mol. The van der Waals surface area contributed by atoms with Crippen LogP contribution in [0.15, 0.2) is 47.4 Å². The lowest BCUT2D eigenvalue weighted by molar-refractivity contribution is -0.120. The van der Waals surface area contributed by atoms with E-state index in [9.17, 15) is 13.2 Å². The van der Waals surface area contributed by atoms with Gasteiger partial charge in [-0.3, -0.25) is 4.79 Å². The summed E-state index contributed by atoms with van der Waals surface area (Å²) < 4.78 is 26.8. The third-order valence-electron chi connectivity index (χ3n) is 3.14. The summed E-state index contributed by atoms with van der Waals surface area (Å²) in [6.45, 7) is 0.788. The van der Waals surface area contributed by atoms with Crippen LogP contribution in [0.25, 0.3) is 10.8 Å². The van der Waals surface area contributed by atoms with Crippen molar-refractivity contribution in [2.45, 2.75) is 11.3 Å². The van der Waals surface area contributed by atoms with Crippen molar-refractivity contribution in [3.05, 3.63) is 42.5 Å². The van der Waals surface area contributed by atoms with Crippen molar-refractivity contribution in [2.75, 3.05) is 19.6 Å². The van der Waals surface area contributed by atoms with E-state index < -0.39 is 10.0 Å². The van der Waals surface area contributed by atoms with Gasteiger partial charge in [0.2, 0.25) is 15.9 Å². The maximum atomic E-state index is 12.2. The first-order valence-corrected chi connectivity index (χ1v) is 8.46. The monoisotopic (exact) mass is 357 g/mol. The van der Waals surface area contributed by atoms with Gasteiger partial charge in [0, 0.05) is 26.1 Å². The molecule has 2 aromatic rings. The number of rotatable bonds is 7. The first kappa shape index (κ1) is 19.4. The smallest absolute Gasteiger partial charge is 0.240 e. The summed E-state index contributed by atoms with van der Waals surface area (Å²) in [6, 6.07) is 12.5. The van der Waals surface area contributed by atoms with Crippen molar-refractivity contribution in [1.29, 1.82) is 0 Å². The molecule has 23 heavy (non-hydrogen) atoms. The van der Waals surface area contributed by atoms with Gasteiger partial charge >= 0.3 is 0 Å². The Morgan fingerprint density at radius 3 is 2.43 bits per heavy atom. The highest BCUT2D eigenvalue weighted by Gasteiger charge is 2.14. The number of hydrogen-bond donors (Lipinski definition) is 3. The molecule has 2 rings (SSSR count). The molecule has 0 heterocycles. The normalized spacial score (nSPS) is 11.0. The molecule has 0 spiro atoms. The number of fused-ring (bicyclic) bond motifs is 1. The van der Waals surface area contributed by atoms with Crippen molar-refractivity contribution in [3.63, 3.8) is 0 Å². The van der Waals surface area contributed by atoms with E-state index in [-0.39, 0.29) is 36.2 Å². The number of carbonyl (C=O) groups is 1. The molecule has 0 aliphatic heterocycles. The van der Waals surface area contributed by atoms with Crippen LogP contribution in [0.5, 0.6) is 0 Å². The fourth-order valence-corrected chi connectivity index (χ4v) is 3.08. The zero-order valence-electron chi connectivity index (χ0n) is 12.5. The van der Waals surface area contributed by atoms with Crippen LogP contribution in [0.3, 0.4) is 0 Å². The number of nitrogens with one attached hydrogen (secondary N) is 2. The van der Waals surface area contributed by atoms with Crippen molar-refractivity contribution in [1.82, 2.24) is 10.0 Å². The molecular weight excluding hydrogens is 338 g/mol. The van der Waals surface area contributed by atoms with Crippen molar-refractivity contribution >= 4 is 39.1 Å². The molecular formula is C15H20ClN3O3S. The van der Waals surface area contributed by atoms with E-state index in [0.717, 1.165) is 10.8 Å². The number of sulfonamides is 1. The molecule has 0 aliphatic rings. The summed E-state index contributed by atoms with van der Waals surface area (Å²) in [5, 5.41) is 4.41. The molecule has 1 amide bonds. The van der Waals surface area contributed by atoms with Gasteiger partial charge in [0.15, 0.2) is 0 Å². The van der Waals surface area contributed by atoms with Gasteiger partial charge < -0.3 is 11.1 Å². The van der Waals surface area contributed by atoms with Gasteiger partial charge in [0.05, 0.1) is 4.90 Å². The Kier molecular flexibility index (Phi) is 7.44. The third kappa shape index (κ3) is 5.47. The summed E-state index contributed by atoms with van der Waals surface area (Å²) >= 11 is 0. The van der Waals surface area contributed by atoms with Crippen molar-refractivity contribution in [3.8, 4) is 0 Å². The van der Waals surface area contributed by atoms with E-state index in [2.05, 4.69) is 10.0 Å². The first-order chi connectivity index (χ1) is 10.5. The van der Waals surface area contributed by atoms with Gasteiger partial charge in [-0.05, 0) is 22.9 Å². The van der Waals surface area contributed by atoms with Gasteiger partial charge in [-0.1, -0.05) is 30.3 Å². The number of hydrogen-bond acceptors (Lipinski definition) is 4. The Hall–Kier alpha value is -1.67.